The topological polar surface area (TPSA) is 63.0 Å². The van der Waals surface area contributed by atoms with Gasteiger partial charge in [-0.05, 0) is 50.1 Å². The van der Waals surface area contributed by atoms with Crippen LogP contribution in [-0.2, 0) is 27.4 Å². The molecule has 2 amide bonds. The minimum Gasteiger partial charge on any atom is -0.467 e. The van der Waals surface area contributed by atoms with E-state index >= 15 is 0 Å². The molecule has 30 heavy (non-hydrogen) atoms. The lowest BCUT2D eigenvalue weighted by molar-refractivity contribution is -0.141. The maximum absolute atomic E-state index is 13.2. The van der Waals surface area contributed by atoms with Crippen LogP contribution in [0, 0.1) is 5.82 Å². The Kier molecular flexibility index (Phi) is 9.83. The third-order valence-electron chi connectivity index (χ3n) is 4.47. The highest BCUT2D eigenvalue weighted by molar-refractivity contribution is 6.30. The summed E-state index contributed by atoms with van der Waals surface area (Å²) in [5.74, 6) is -0.283. The number of hydrogen-bond donors (Lipinski definition) is 0. The number of rotatable bonds is 12. The fourth-order valence-corrected chi connectivity index (χ4v) is 3.05. The normalized spacial score (nSPS) is 11.9. The van der Waals surface area contributed by atoms with E-state index in [1.165, 1.54) is 23.3 Å². The summed E-state index contributed by atoms with van der Waals surface area (Å²) in [7, 11) is 0. The van der Waals surface area contributed by atoms with Crippen molar-refractivity contribution < 1.29 is 23.1 Å². The average Bonchev–Trinajstić information content (AvgIpc) is 3.23. The zero-order valence-electron chi connectivity index (χ0n) is 17.4. The van der Waals surface area contributed by atoms with Gasteiger partial charge in [0.05, 0.1) is 19.4 Å². The van der Waals surface area contributed by atoms with E-state index in [1.54, 1.807) is 36.1 Å². The molecule has 0 aliphatic rings. The molecule has 1 aromatic carbocycles. The first-order chi connectivity index (χ1) is 14.4. The van der Waals surface area contributed by atoms with E-state index in [0.717, 1.165) is 5.56 Å². The third kappa shape index (κ3) is 7.80. The summed E-state index contributed by atoms with van der Waals surface area (Å²) < 4.78 is 23.9. The number of halogens is 2. The second-order valence-electron chi connectivity index (χ2n) is 6.88. The molecule has 0 aliphatic heterocycles. The van der Waals surface area contributed by atoms with Crippen LogP contribution in [-0.4, -0.2) is 53.3 Å². The molecule has 164 valence electrons. The number of alkyl halides is 1. The van der Waals surface area contributed by atoms with Gasteiger partial charge in [0, 0.05) is 26.3 Å². The summed E-state index contributed by atoms with van der Waals surface area (Å²) in [6.07, 6.45) is 2.14. The maximum Gasteiger partial charge on any atom is 0.242 e. The van der Waals surface area contributed by atoms with Crippen molar-refractivity contribution in [3.05, 3.63) is 59.8 Å². The van der Waals surface area contributed by atoms with Crippen LogP contribution in [0.3, 0.4) is 0 Å². The lowest BCUT2D eigenvalue weighted by atomic mass is 10.2. The van der Waals surface area contributed by atoms with Gasteiger partial charge in [0.2, 0.25) is 11.8 Å². The molecule has 2 aromatic rings. The van der Waals surface area contributed by atoms with Crippen molar-refractivity contribution in [3.63, 3.8) is 0 Å². The Labute approximate surface area is 181 Å². The van der Waals surface area contributed by atoms with Gasteiger partial charge in [-0.1, -0.05) is 12.1 Å². The minimum absolute atomic E-state index is 0.107. The summed E-state index contributed by atoms with van der Waals surface area (Å²) in [6, 6.07) is 9.48. The standard InChI is InChI=1S/C22H28ClFN2O4/c1-3-29-12-5-11-25(22(28)17(2)23)16-21(27)26(15-20-6-4-13-30-20)14-18-7-9-19(24)10-8-18/h4,6-10,13,17H,3,5,11-12,14-16H2,1-2H3/t17-/m1/s1. The Hall–Kier alpha value is -2.38. The number of carbonyl (C=O) groups is 2. The van der Waals surface area contributed by atoms with E-state index in [2.05, 4.69) is 0 Å². The molecule has 0 aliphatic carbocycles. The fraction of sp³-hybridized carbons (Fsp3) is 0.455. The predicted octanol–water partition coefficient (Wildman–Crippen LogP) is 3.83. The van der Waals surface area contributed by atoms with Gasteiger partial charge in [0.1, 0.15) is 17.0 Å². The van der Waals surface area contributed by atoms with Crippen LogP contribution >= 0.6 is 11.6 Å². The molecule has 8 heteroatoms. The smallest absolute Gasteiger partial charge is 0.242 e. The van der Waals surface area contributed by atoms with Crippen molar-refractivity contribution in [3.8, 4) is 0 Å². The van der Waals surface area contributed by atoms with Gasteiger partial charge in [-0.2, -0.15) is 0 Å². The summed E-state index contributed by atoms with van der Waals surface area (Å²) in [5, 5.41) is -0.736. The molecule has 0 radical (unpaired) electrons. The first kappa shape index (κ1) is 23.9. The Balaban J connectivity index is 2.11. The van der Waals surface area contributed by atoms with Crippen molar-refractivity contribution in [1.29, 1.82) is 0 Å². The molecular weight excluding hydrogens is 411 g/mol. The molecule has 0 saturated heterocycles. The molecule has 0 bridgehead atoms. The maximum atomic E-state index is 13.2. The Morgan fingerprint density at radius 2 is 1.90 bits per heavy atom. The van der Waals surface area contributed by atoms with E-state index < -0.39 is 5.38 Å². The second kappa shape index (κ2) is 12.3. The van der Waals surface area contributed by atoms with Gasteiger partial charge >= 0.3 is 0 Å². The van der Waals surface area contributed by atoms with E-state index in [1.807, 2.05) is 6.92 Å². The lowest BCUT2D eigenvalue weighted by Crippen LogP contribution is -2.45. The molecule has 1 aromatic heterocycles. The van der Waals surface area contributed by atoms with Crippen molar-refractivity contribution in [2.75, 3.05) is 26.3 Å². The molecule has 1 heterocycles. The summed E-state index contributed by atoms with van der Waals surface area (Å²) in [5.41, 5.74) is 0.774. The van der Waals surface area contributed by atoms with Crippen LogP contribution in [0.25, 0.3) is 0 Å². The van der Waals surface area contributed by atoms with Crippen molar-refractivity contribution in [2.45, 2.75) is 38.7 Å². The Morgan fingerprint density at radius 1 is 1.17 bits per heavy atom. The van der Waals surface area contributed by atoms with Gasteiger partial charge in [0.25, 0.3) is 0 Å². The zero-order chi connectivity index (χ0) is 21.9. The fourth-order valence-electron chi connectivity index (χ4n) is 2.92. The molecule has 0 unspecified atom stereocenters. The number of ether oxygens (including phenoxy) is 1. The molecule has 6 nitrogen and oxygen atoms in total. The molecule has 0 saturated carbocycles. The van der Waals surface area contributed by atoms with Crippen LogP contribution in [0.2, 0.25) is 0 Å². The number of benzene rings is 1. The predicted molar refractivity (Wildman–Crippen MR) is 112 cm³/mol. The molecule has 2 rings (SSSR count). The zero-order valence-corrected chi connectivity index (χ0v) is 18.1. The number of furan rings is 1. The van der Waals surface area contributed by atoms with E-state index in [-0.39, 0.29) is 37.3 Å². The largest absolute Gasteiger partial charge is 0.467 e. The number of nitrogens with zero attached hydrogens (tertiary/aromatic N) is 2. The van der Waals surface area contributed by atoms with Gasteiger partial charge in [-0.15, -0.1) is 11.6 Å². The quantitative estimate of drug-likeness (QED) is 0.373. The van der Waals surface area contributed by atoms with E-state index in [4.69, 9.17) is 20.8 Å². The van der Waals surface area contributed by atoms with Gasteiger partial charge in [-0.25, -0.2) is 4.39 Å². The average molecular weight is 439 g/mol. The van der Waals surface area contributed by atoms with E-state index in [0.29, 0.717) is 31.9 Å². The van der Waals surface area contributed by atoms with Crippen LogP contribution in [0.15, 0.2) is 47.1 Å². The first-order valence-corrected chi connectivity index (χ1v) is 10.4. The second-order valence-corrected chi connectivity index (χ2v) is 7.54. The van der Waals surface area contributed by atoms with Gasteiger partial charge < -0.3 is 19.0 Å². The lowest BCUT2D eigenvalue weighted by Gasteiger charge is -2.28. The SMILES string of the molecule is CCOCCCN(CC(=O)N(Cc1ccc(F)cc1)Cc1ccco1)C(=O)[C@@H](C)Cl. The molecule has 0 N–H and O–H groups in total. The van der Waals surface area contributed by atoms with Crippen LogP contribution in [0.5, 0.6) is 0 Å². The number of carbonyl (C=O) groups excluding carboxylic acids is 2. The third-order valence-corrected chi connectivity index (χ3v) is 4.65. The van der Waals surface area contributed by atoms with Gasteiger partial charge in [0.15, 0.2) is 0 Å². The first-order valence-electron chi connectivity index (χ1n) is 9.96. The van der Waals surface area contributed by atoms with Crippen molar-refractivity contribution >= 4 is 23.4 Å². The van der Waals surface area contributed by atoms with Crippen LogP contribution < -0.4 is 0 Å². The van der Waals surface area contributed by atoms with Crippen LogP contribution in [0.1, 0.15) is 31.6 Å². The number of hydrogen-bond acceptors (Lipinski definition) is 4. The molecular formula is C22H28ClFN2O4. The highest BCUT2D eigenvalue weighted by Crippen LogP contribution is 2.13. The summed E-state index contributed by atoms with van der Waals surface area (Å²) in [4.78, 5) is 28.6. The Morgan fingerprint density at radius 3 is 2.50 bits per heavy atom. The van der Waals surface area contributed by atoms with Crippen LogP contribution in [0.4, 0.5) is 4.39 Å². The highest BCUT2D eigenvalue weighted by Gasteiger charge is 2.24. The van der Waals surface area contributed by atoms with Crippen molar-refractivity contribution in [1.82, 2.24) is 9.80 Å². The van der Waals surface area contributed by atoms with Gasteiger partial charge in [-0.3, -0.25) is 9.59 Å². The van der Waals surface area contributed by atoms with Crippen molar-refractivity contribution in [2.24, 2.45) is 0 Å². The summed E-state index contributed by atoms with van der Waals surface area (Å²) >= 11 is 5.99. The minimum atomic E-state index is -0.736. The highest BCUT2D eigenvalue weighted by atomic mass is 35.5. The Bertz CT molecular complexity index is 781. The molecule has 1 atom stereocenters. The number of amides is 2. The van der Waals surface area contributed by atoms with E-state index in [9.17, 15) is 14.0 Å². The summed E-state index contributed by atoms with van der Waals surface area (Å²) in [6.45, 7) is 5.33. The molecule has 0 fully saturated rings. The monoisotopic (exact) mass is 438 g/mol. The molecule has 0 spiro atoms.